The van der Waals surface area contributed by atoms with E-state index in [1.807, 2.05) is 0 Å². The van der Waals surface area contributed by atoms with E-state index in [1.54, 1.807) is 0 Å². The van der Waals surface area contributed by atoms with Crippen molar-refractivity contribution in [1.82, 2.24) is 0 Å². The summed E-state index contributed by atoms with van der Waals surface area (Å²) in [5.74, 6) is 0.0674. The summed E-state index contributed by atoms with van der Waals surface area (Å²) in [6.45, 7) is 1.41. The van der Waals surface area contributed by atoms with E-state index >= 15 is 0 Å². The molecule has 25 heavy (non-hydrogen) atoms. The van der Waals surface area contributed by atoms with Gasteiger partial charge in [0.15, 0.2) is 27.1 Å². The third kappa shape index (κ3) is 3.48. The van der Waals surface area contributed by atoms with E-state index < -0.39 is 15.7 Å². The maximum atomic E-state index is 12.5. The number of Topliss-reactive ketones (excluding diaryl/α,β-unsaturated/α-hetero) is 1. The largest absolute Gasteiger partial charge is 0.454 e. The molecule has 1 aliphatic heterocycles. The van der Waals surface area contributed by atoms with Gasteiger partial charge in [0.05, 0.1) is 10.6 Å². The van der Waals surface area contributed by atoms with Gasteiger partial charge in [0.2, 0.25) is 6.79 Å². The van der Waals surface area contributed by atoms with Crippen LogP contribution in [0.1, 0.15) is 27.6 Å². The molecule has 0 fully saturated rings. The second-order valence-corrected chi connectivity index (χ2v) is 7.58. The van der Waals surface area contributed by atoms with Gasteiger partial charge in [-0.15, -0.1) is 0 Å². The number of ketones is 1. The number of hydrogen-bond donors (Lipinski definition) is 1. The van der Waals surface area contributed by atoms with E-state index in [-0.39, 0.29) is 34.3 Å². The van der Waals surface area contributed by atoms with E-state index in [0.29, 0.717) is 11.5 Å². The third-order valence-corrected chi connectivity index (χ3v) is 4.77. The summed E-state index contributed by atoms with van der Waals surface area (Å²) in [6, 6.07) is 8.69. The van der Waals surface area contributed by atoms with E-state index in [0.717, 1.165) is 6.26 Å². The smallest absolute Gasteiger partial charge is 0.255 e. The van der Waals surface area contributed by atoms with Gasteiger partial charge in [0, 0.05) is 23.4 Å². The molecule has 0 aliphatic carbocycles. The second-order valence-electron chi connectivity index (χ2n) is 5.56. The number of rotatable bonds is 4. The van der Waals surface area contributed by atoms with Gasteiger partial charge in [-0.1, -0.05) is 6.07 Å². The minimum absolute atomic E-state index is 0.0395. The van der Waals surface area contributed by atoms with Crippen molar-refractivity contribution in [3.05, 3.63) is 47.5 Å². The van der Waals surface area contributed by atoms with Crippen LogP contribution in [0.15, 0.2) is 41.3 Å². The molecule has 0 saturated heterocycles. The molecule has 0 aromatic heterocycles. The molecule has 3 rings (SSSR count). The summed E-state index contributed by atoms with van der Waals surface area (Å²) >= 11 is 0. The molecule has 1 aliphatic rings. The summed E-state index contributed by atoms with van der Waals surface area (Å²) in [4.78, 5) is 24.4. The van der Waals surface area contributed by atoms with Crippen LogP contribution in [-0.4, -0.2) is 33.2 Å². The van der Waals surface area contributed by atoms with Crippen molar-refractivity contribution in [2.75, 3.05) is 18.4 Å². The summed E-state index contributed by atoms with van der Waals surface area (Å²) in [5.41, 5.74) is 0.707. The van der Waals surface area contributed by atoms with Crippen molar-refractivity contribution < 1.29 is 27.5 Å². The van der Waals surface area contributed by atoms with Crippen LogP contribution in [0.25, 0.3) is 0 Å². The van der Waals surface area contributed by atoms with Gasteiger partial charge in [-0.25, -0.2) is 8.42 Å². The Bertz CT molecular complexity index is 981. The molecule has 1 amide bonds. The molecule has 2 aromatic carbocycles. The van der Waals surface area contributed by atoms with Crippen molar-refractivity contribution in [1.29, 1.82) is 0 Å². The van der Waals surface area contributed by atoms with E-state index in [2.05, 4.69) is 5.32 Å². The molecule has 0 bridgehead atoms. The highest BCUT2D eigenvalue weighted by Gasteiger charge is 2.21. The second kappa shape index (κ2) is 6.21. The molecule has 0 atom stereocenters. The Labute approximate surface area is 144 Å². The van der Waals surface area contributed by atoms with Crippen molar-refractivity contribution in [3.63, 3.8) is 0 Å². The van der Waals surface area contributed by atoms with E-state index in [4.69, 9.17) is 9.47 Å². The highest BCUT2D eigenvalue weighted by molar-refractivity contribution is 7.90. The Balaban J connectivity index is 1.95. The number of anilines is 1. The average Bonchev–Trinajstić information content (AvgIpc) is 3.00. The molecule has 1 heterocycles. The lowest BCUT2D eigenvalue weighted by atomic mass is 10.1. The topological polar surface area (TPSA) is 98.8 Å². The summed E-state index contributed by atoms with van der Waals surface area (Å²) in [7, 11) is -3.43. The normalized spacial score (nSPS) is 12.7. The van der Waals surface area contributed by atoms with Gasteiger partial charge < -0.3 is 14.8 Å². The fraction of sp³-hybridized carbons (Fsp3) is 0.176. The Morgan fingerprint density at radius 2 is 1.76 bits per heavy atom. The molecular weight excluding hydrogens is 346 g/mol. The van der Waals surface area contributed by atoms with Crippen LogP contribution in [-0.2, 0) is 9.84 Å². The molecule has 0 unspecified atom stereocenters. The SMILES string of the molecule is CC(=O)c1cc2c(cc1NC(=O)c1cccc(S(C)(=O)=O)c1)OCO2. The number of ether oxygens (including phenoxy) is 2. The Morgan fingerprint density at radius 1 is 1.08 bits per heavy atom. The maximum Gasteiger partial charge on any atom is 0.255 e. The van der Waals surface area contributed by atoms with Crippen molar-refractivity contribution in [3.8, 4) is 11.5 Å². The average molecular weight is 361 g/mol. The molecule has 7 nitrogen and oxygen atoms in total. The first-order valence-corrected chi connectivity index (χ1v) is 9.21. The highest BCUT2D eigenvalue weighted by atomic mass is 32.2. The van der Waals surface area contributed by atoms with Crippen molar-refractivity contribution in [2.24, 2.45) is 0 Å². The Hall–Kier alpha value is -2.87. The zero-order valence-corrected chi connectivity index (χ0v) is 14.3. The molecule has 1 N–H and O–H groups in total. The number of carbonyl (C=O) groups excluding carboxylic acids is 2. The van der Waals surface area contributed by atoms with Crippen molar-refractivity contribution >= 4 is 27.2 Å². The van der Waals surface area contributed by atoms with E-state index in [9.17, 15) is 18.0 Å². The molecular formula is C17H15NO6S. The number of amides is 1. The number of nitrogens with one attached hydrogen (secondary N) is 1. The maximum absolute atomic E-state index is 12.5. The molecule has 0 spiro atoms. The quantitative estimate of drug-likeness (QED) is 0.839. The van der Waals surface area contributed by atoms with Gasteiger partial charge in [0.25, 0.3) is 5.91 Å². The van der Waals surface area contributed by atoms with Crippen LogP contribution in [0.4, 0.5) is 5.69 Å². The lowest BCUT2D eigenvalue weighted by molar-refractivity contribution is 0.101. The number of fused-ring (bicyclic) bond motifs is 1. The number of hydrogen-bond acceptors (Lipinski definition) is 6. The number of sulfone groups is 1. The Morgan fingerprint density at radius 3 is 2.40 bits per heavy atom. The molecule has 8 heteroatoms. The summed E-state index contributed by atoms with van der Waals surface area (Å²) in [5, 5.41) is 2.63. The third-order valence-electron chi connectivity index (χ3n) is 3.66. The van der Waals surface area contributed by atoms with Crippen LogP contribution in [0.3, 0.4) is 0 Å². The number of benzene rings is 2. The van der Waals surface area contributed by atoms with Gasteiger partial charge in [-0.2, -0.15) is 0 Å². The lowest BCUT2D eigenvalue weighted by Gasteiger charge is -2.11. The van der Waals surface area contributed by atoms with Crippen LogP contribution in [0, 0.1) is 0 Å². The fourth-order valence-electron chi connectivity index (χ4n) is 2.40. The minimum Gasteiger partial charge on any atom is -0.454 e. The van der Waals surface area contributed by atoms with E-state index in [1.165, 1.54) is 43.3 Å². The molecule has 0 saturated carbocycles. The highest BCUT2D eigenvalue weighted by Crippen LogP contribution is 2.37. The van der Waals surface area contributed by atoms with Crippen LogP contribution in [0.5, 0.6) is 11.5 Å². The minimum atomic E-state index is -3.43. The van der Waals surface area contributed by atoms with Gasteiger partial charge in [0.1, 0.15) is 0 Å². The van der Waals surface area contributed by atoms with Gasteiger partial charge in [-0.3, -0.25) is 9.59 Å². The zero-order valence-electron chi connectivity index (χ0n) is 13.5. The first-order valence-electron chi connectivity index (χ1n) is 7.32. The first kappa shape index (κ1) is 17.0. The molecule has 2 aromatic rings. The predicted molar refractivity (Wildman–Crippen MR) is 90.1 cm³/mol. The number of carbonyl (C=O) groups is 2. The fourth-order valence-corrected chi connectivity index (χ4v) is 3.07. The lowest BCUT2D eigenvalue weighted by Crippen LogP contribution is -2.15. The molecule has 0 radical (unpaired) electrons. The van der Waals surface area contributed by atoms with Crippen molar-refractivity contribution in [2.45, 2.75) is 11.8 Å². The predicted octanol–water partition coefficient (Wildman–Crippen LogP) is 2.27. The standard InChI is InChI=1S/C17H15NO6S/c1-10(19)13-7-15-16(24-9-23-15)8-14(13)18-17(20)11-4-3-5-12(6-11)25(2,21)22/h3-8H,9H2,1-2H3,(H,18,20). The molecule has 130 valence electrons. The first-order chi connectivity index (χ1) is 11.8. The van der Waals surface area contributed by atoms with Crippen LogP contribution in [0.2, 0.25) is 0 Å². The summed E-state index contributed by atoms with van der Waals surface area (Å²) < 4.78 is 33.8. The van der Waals surface area contributed by atoms with Crippen LogP contribution < -0.4 is 14.8 Å². The summed E-state index contributed by atoms with van der Waals surface area (Å²) in [6.07, 6.45) is 1.07. The monoisotopic (exact) mass is 361 g/mol. The van der Waals surface area contributed by atoms with Gasteiger partial charge >= 0.3 is 0 Å². The van der Waals surface area contributed by atoms with Crippen LogP contribution >= 0.6 is 0 Å². The van der Waals surface area contributed by atoms with Gasteiger partial charge in [-0.05, 0) is 31.2 Å². The zero-order chi connectivity index (χ0) is 18.2. The Kier molecular flexibility index (Phi) is 4.22.